The summed E-state index contributed by atoms with van der Waals surface area (Å²) in [6, 6.07) is 0.665. The number of ether oxygens (including phenoxy) is 1. The molecule has 3 heterocycles. The Hall–Kier alpha value is -0.320. The van der Waals surface area contributed by atoms with Crippen LogP contribution in [0.5, 0.6) is 5.75 Å². The van der Waals surface area contributed by atoms with Crippen LogP contribution in [0.1, 0.15) is 29.5 Å². The average molecular weight is 307 g/mol. The summed E-state index contributed by atoms with van der Waals surface area (Å²) < 4.78 is 6.06. The first-order valence-corrected chi connectivity index (χ1v) is 9.83. The summed E-state index contributed by atoms with van der Waals surface area (Å²) in [4.78, 5) is 3.09. The number of nitrogens with one attached hydrogen (secondary N) is 1. The molecule has 1 fully saturated rings. The number of thioether (sulfide) groups is 2. The maximum Gasteiger partial charge on any atom is 0.127 e. The van der Waals surface area contributed by atoms with Gasteiger partial charge in [-0.15, -0.1) is 23.5 Å². The molecule has 4 rings (SSSR count). The molecule has 1 atom stereocenters. The third-order valence-electron chi connectivity index (χ3n) is 4.68. The smallest absolute Gasteiger partial charge is 0.127 e. The highest BCUT2D eigenvalue weighted by Gasteiger charge is 2.31. The third-order valence-corrected chi connectivity index (χ3v) is 6.82. The summed E-state index contributed by atoms with van der Waals surface area (Å²) in [5.74, 6) is 2.50. The van der Waals surface area contributed by atoms with Gasteiger partial charge >= 0.3 is 0 Å². The molecule has 0 aromatic heterocycles. The predicted molar refractivity (Wildman–Crippen MR) is 86.6 cm³/mol. The molecule has 0 saturated carbocycles. The minimum Gasteiger partial charge on any atom is -0.493 e. The Morgan fingerprint density at radius 2 is 2.30 bits per heavy atom. The average Bonchev–Trinajstić information content (AvgIpc) is 3.19. The van der Waals surface area contributed by atoms with Crippen LogP contribution in [0.3, 0.4) is 0 Å². The van der Waals surface area contributed by atoms with Gasteiger partial charge in [-0.2, -0.15) is 0 Å². The molecular weight excluding hydrogens is 286 g/mol. The van der Waals surface area contributed by atoms with Gasteiger partial charge in [-0.3, -0.25) is 0 Å². The molecule has 3 aliphatic heterocycles. The first kappa shape index (κ1) is 13.4. The maximum atomic E-state index is 6.06. The second kappa shape index (κ2) is 5.47. The minimum atomic E-state index is 0.665. The first-order chi connectivity index (χ1) is 9.88. The van der Waals surface area contributed by atoms with Gasteiger partial charge in [0.05, 0.1) is 6.61 Å². The second-order valence-electron chi connectivity index (χ2n) is 5.82. The zero-order valence-electron chi connectivity index (χ0n) is 12.0. The fourth-order valence-electron chi connectivity index (χ4n) is 3.77. The van der Waals surface area contributed by atoms with Gasteiger partial charge in [-0.25, -0.2) is 0 Å². The van der Waals surface area contributed by atoms with E-state index in [4.69, 9.17) is 4.74 Å². The van der Waals surface area contributed by atoms with E-state index in [1.54, 1.807) is 10.5 Å². The fraction of sp³-hybridized carbons (Fsp3) is 0.625. The van der Waals surface area contributed by atoms with E-state index in [9.17, 15) is 0 Å². The molecule has 1 N–H and O–H groups in total. The summed E-state index contributed by atoms with van der Waals surface area (Å²) in [6.45, 7) is 2.06. The molecule has 1 aromatic carbocycles. The predicted octanol–water partition coefficient (Wildman–Crippen LogP) is 3.29. The van der Waals surface area contributed by atoms with Crippen molar-refractivity contribution in [3.63, 3.8) is 0 Å². The van der Waals surface area contributed by atoms with Crippen molar-refractivity contribution in [2.75, 3.05) is 25.2 Å². The molecule has 0 amide bonds. The van der Waals surface area contributed by atoms with Crippen molar-refractivity contribution in [3.8, 4) is 5.75 Å². The Labute approximate surface area is 129 Å². The van der Waals surface area contributed by atoms with Crippen LogP contribution in [0.4, 0.5) is 0 Å². The van der Waals surface area contributed by atoms with Crippen LogP contribution in [0.15, 0.2) is 9.79 Å². The molecule has 2 nitrogen and oxygen atoms in total. The Kier molecular flexibility index (Phi) is 3.65. The van der Waals surface area contributed by atoms with E-state index < -0.39 is 0 Å². The molecule has 20 heavy (non-hydrogen) atoms. The topological polar surface area (TPSA) is 21.3 Å². The molecule has 0 aliphatic carbocycles. The molecule has 0 radical (unpaired) electrons. The third kappa shape index (κ3) is 2.08. The number of fused-ring (bicyclic) bond motifs is 2. The van der Waals surface area contributed by atoms with E-state index in [1.165, 1.54) is 59.8 Å². The lowest BCUT2D eigenvalue weighted by Gasteiger charge is -2.19. The number of hydrogen-bond donors (Lipinski definition) is 1. The van der Waals surface area contributed by atoms with Gasteiger partial charge in [0.15, 0.2) is 0 Å². The Morgan fingerprint density at radius 3 is 3.10 bits per heavy atom. The van der Waals surface area contributed by atoms with Crippen LogP contribution in [0, 0.1) is 0 Å². The van der Waals surface area contributed by atoms with E-state index in [0.29, 0.717) is 6.04 Å². The zero-order valence-corrected chi connectivity index (χ0v) is 13.6. The van der Waals surface area contributed by atoms with Crippen LogP contribution in [-0.2, 0) is 19.3 Å². The number of rotatable bonds is 3. The van der Waals surface area contributed by atoms with Crippen molar-refractivity contribution in [1.29, 1.82) is 0 Å². The Balaban J connectivity index is 1.81. The van der Waals surface area contributed by atoms with Crippen LogP contribution >= 0.6 is 23.5 Å². The normalized spacial score (nSPS) is 23.8. The SMILES string of the molecule is CSc1c2c(c(CC3CCCN3)c3c1SCC3)OCC2. The largest absolute Gasteiger partial charge is 0.493 e. The van der Waals surface area contributed by atoms with E-state index in [1.807, 2.05) is 11.8 Å². The maximum absolute atomic E-state index is 6.06. The number of benzene rings is 1. The van der Waals surface area contributed by atoms with Crippen LogP contribution in [0.25, 0.3) is 0 Å². The van der Waals surface area contributed by atoms with E-state index in [2.05, 4.69) is 23.3 Å². The minimum absolute atomic E-state index is 0.665. The van der Waals surface area contributed by atoms with Gasteiger partial charge in [-0.05, 0) is 44.0 Å². The lowest BCUT2D eigenvalue weighted by molar-refractivity contribution is 0.351. The van der Waals surface area contributed by atoms with Gasteiger partial charge in [0.25, 0.3) is 0 Å². The lowest BCUT2D eigenvalue weighted by atomic mass is 9.94. The zero-order chi connectivity index (χ0) is 13.5. The van der Waals surface area contributed by atoms with Gasteiger partial charge in [-0.1, -0.05) is 0 Å². The van der Waals surface area contributed by atoms with Crippen molar-refractivity contribution in [2.45, 2.75) is 47.9 Å². The summed E-state index contributed by atoms with van der Waals surface area (Å²) in [5.41, 5.74) is 4.64. The summed E-state index contributed by atoms with van der Waals surface area (Å²) in [7, 11) is 0. The highest BCUT2D eigenvalue weighted by atomic mass is 32.2. The van der Waals surface area contributed by atoms with Crippen LogP contribution < -0.4 is 10.1 Å². The first-order valence-electron chi connectivity index (χ1n) is 7.62. The highest BCUT2D eigenvalue weighted by Crippen LogP contribution is 2.49. The monoisotopic (exact) mass is 307 g/mol. The van der Waals surface area contributed by atoms with Crippen molar-refractivity contribution in [2.24, 2.45) is 0 Å². The van der Waals surface area contributed by atoms with Crippen molar-refractivity contribution >= 4 is 23.5 Å². The van der Waals surface area contributed by atoms with Gasteiger partial charge in [0.1, 0.15) is 5.75 Å². The summed E-state index contributed by atoms with van der Waals surface area (Å²) in [5, 5.41) is 3.65. The van der Waals surface area contributed by atoms with Gasteiger partial charge in [0, 0.05) is 39.1 Å². The molecule has 1 aromatic rings. The van der Waals surface area contributed by atoms with Crippen molar-refractivity contribution in [3.05, 3.63) is 16.7 Å². The fourth-order valence-corrected chi connectivity index (χ4v) is 6.11. The van der Waals surface area contributed by atoms with Gasteiger partial charge in [0.2, 0.25) is 0 Å². The van der Waals surface area contributed by atoms with Gasteiger partial charge < -0.3 is 10.1 Å². The quantitative estimate of drug-likeness (QED) is 0.865. The highest BCUT2D eigenvalue weighted by molar-refractivity contribution is 8.02. The summed E-state index contributed by atoms with van der Waals surface area (Å²) in [6.07, 6.45) is 8.36. The standard InChI is InChI=1S/C16H21NOS2/c1-19-15-12-4-7-18-14(12)13(9-10-3-2-6-17-10)11-5-8-20-16(11)15/h10,17H,2-9H2,1H3. The van der Waals surface area contributed by atoms with E-state index >= 15 is 0 Å². The van der Waals surface area contributed by atoms with E-state index in [0.717, 1.165) is 13.0 Å². The van der Waals surface area contributed by atoms with E-state index in [-0.39, 0.29) is 0 Å². The molecule has 108 valence electrons. The number of hydrogen-bond acceptors (Lipinski definition) is 4. The summed E-state index contributed by atoms with van der Waals surface area (Å²) >= 11 is 3.97. The van der Waals surface area contributed by atoms with Crippen molar-refractivity contribution < 1.29 is 4.74 Å². The molecule has 3 aliphatic rings. The van der Waals surface area contributed by atoms with Crippen molar-refractivity contribution in [1.82, 2.24) is 5.32 Å². The molecule has 1 unspecified atom stereocenters. The van der Waals surface area contributed by atoms with Crippen LogP contribution in [0.2, 0.25) is 0 Å². The molecular formula is C16H21NOS2. The molecule has 1 saturated heterocycles. The molecule has 0 spiro atoms. The Bertz CT molecular complexity index is 503. The molecule has 0 bridgehead atoms. The molecule has 4 heteroatoms. The van der Waals surface area contributed by atoms with Crippen LogP contribution in [-0.4, -0.2) is 31.2 Å². The Morgan fingerprint density at radius 1 is 1.35 bits per heavy atom. The lowest BCUT2D eigenvalue weighted by Crippen LogP contribution is -2.24. The second-order valence-corrected chi connectivity index (χ2v) is 7.74.